The highest BCUT2D eigenvalue weighted by Crippen LogP contribution is 2.41. The largest absolute Gasteiger partial charge is 0.392 e. The van der Waals surface area contributed by atoms with Crippen molar-refractivity contribution in [1.82, 2.24) is 5.32 Å². The highest BCUT2D eigenvalue weighted by atomic mass is 19.4. The van der Waals surface area contributed by atoms with Crippen LogP contribution in [0.15, 0.2) is 0 Å². The van der Waals surface area contributed by atoms with Gasteiger partial charge in [0.1, 0.15) is 0 Å². The minimum atomic E-state index is -4.36. The van der Waals surface area contributed by atoms with Crippen LogP contribution in [0.25, 0.3) is 0 Å². The third-order valence-electron chi connectivity index (χ3n) is 3.89. The van der Waals surface area contributed by atoms with E-state index in [0.717, 1.165) is 0 Å². The van der Waals surface area contributed by atoms with Gasteiger partial charge in [0.25, 0.3) is 0 Å². The molecule has 20 heavy (non-hydrogen) atoms. The second-order valence-electron chi connectivity index (χ2n) is 6.00. The van der Waals surface area contributed by atoms with Gasteiger partial charge < -0.3 is 11.1 Å². The number of primary amides is 1. The van der Waals surface area contributed by atoms with E-state index in [4.69, 9.17) is 5.73 Å². The van der Waals surface area contributed by atoms with E-state index in [1.807, 2.05) is 0 Å². The van der Waals surface area contributed by atoms with E-state index in [1.165, 1.54) is 13.8 Å². The Kier molecular flexibility index (Phi) is 5.05. The van der Waals surface area contributed by atoms with Crippen molar-refractivity contribution in [2.24, 2.45) is 23.0 Å². The Hall–Kier alpha value is -1.27. The second kappa shape index (κ2) is 6.01. The summed E-state index contributed by atoms with van der Waals surface area (Å²) < 4.78 is 38.7. The third-order valence-corrected chi connectivity index (χ3v) is 3.89. The first-order valence-corrected chi connectivity index (χ1v) is 6.70. The first-order chi connectivity index (χ1) is 9.05. The number of hydrogen-bond donors (Lipinski definition) is 2. The molecule has 0 aromatic carbocycles. The summed E-state index contributed by atoms with van der Waals surface area (Å²) in [6.07, 6.45) is -3.04. The highest BCUT2D eigenvalue weighted by Gasteiger charge is 2.48. The van der Waals surface area contributed by atoms with Crippen LogP contribution in [0, 0.1) is 17.3 Å². The Morgan fingerprint density at radius 2 is 1.75 bits per heavy atom. The summed E-state index contributed by atoms with van der Waals surface area (Å²) in [5, 5.41) is 2.44. The molecule has 0 saturated heterocycles. The lowest BCUT2D eigenvalue weighted by Crippen LogP contribution is -2.47. The minimum Gasteiger partial charge on any atom is -0.369 e. The molecule has 4 nitrogen and oxygen atoms in total. The number of halogens is 3. The van der Waals surface area contributed by atoms with Crippen molar-refractivity contribution in [3.05, 3.63) is 0 Å². The molecule has 0 radical (unpaired) electrons. The smallest absolute Gasteiger partial charge is 0.369 e. The van der Waals surface area contributed by atoms with Crippen LogP contribution in [0.3, 0.4) is 0 Å². The molecule has 1 fully saturated rings. The van der Waals surface area contributed by atoms with Crippen molar-refractivity contribution < 1.29 is 22.8 Å². The van der Waals surface area contributed by atoms with Gasteiger partial charge in [-0.3, -0.25) is 9.59 Å². The van der Waals surface area contributed by atoms with Crippen LogP contribution in [-0.2, 0) is 9.59 Å². The summed E-state index contributed by atoms with van der Waals surface area (Å²) in [7, 11) is 0. The van der Waals surface area contributed by atoms with Gasteiger partial charge in [-0.1, -0.05) is 12.8 Å². The quantitative estimate of drug-likeness (QED) is 0.832. The van der Waals surface area contributed by atoms with Crippen molar-refractivity contribution in [1.29, 1.82) is 0 Å². The summed E-state index contributed by atoms with van der Waals surface area (Å²) >= 11 is 0. The number of carbonyl (C=O) groups is 2. The van der Waals surface area contributed by atoms with Gasteiger partial charge in [0.15, 0.2) is 0 Å². The van der Waals surface area contributed by atoms with Gasteiger partial charge in [0.2, 0.25) is 11.8 Å². The van der Waals surface area contributed by atoms with Crippen molar-refractivity contribution in [3.8, 4) is 0 Å². The molecule has 7 heteroatoms. The number of hydrogen-bond acceptors (Lipinski definition) is 2. The monoisotopic (exact) mass is 294 g/mol. The average Bonchev–Trinajstić information content (AvgIpc) is 2.35. The maximum absolute atomic E-state index is 12.9. The zero-order valence-corrected chi connectivity index (χ0v) is 11.7. The van der Waals surface area contributed by atoms with E-state index < -0.39 is 35.2 Å². The molecule has 0 bridgehead atoms. The average molecular weight is 294 g/mol. The zero-order chi connectivity index (χ0) is 15.6. The van der Waals surface area contributed by atoms with Crippen LogP contribution in [0.4, 0.5) is 13.2 Å². The molecule has 2 atom stereocenters. The van der Waals surface area contributed by atoms with Gasteiger partial charge in [-0.15, -0.1) is 0 Å². The summed E-state index contributed by atoms with van der Waals surface area (Å²) in [4.78, 5) is 23.1. The topological polar surface area (TPSA) is 72.2 Å². The molecule has 0 aromatic rings. The minimum absolute atomic E-state index is 0.0131. The van der Waals surface area contributed by atoms with Crippen molar-refractivity contribution in [3.63, 3.8) is 0 Å². The molecule has 1 saturated carbocycles. The van der Waals surface area contributed by atoms with Crippen LogP contribution in [0.5, 0.6) is 0 Å². The molecular formula is C13H21F3N2O2. The lowest BCUT2D eigenvalue weighted by molar-refractivity contribution is -0.198. The van der Waals surface area contributed by atoms with Crippen molar-refractivity contribution in [2.45, 2.75) is 45.7 Å². The van der Waals surface area contributed by atoms with Gasteiger partial charge in [-0.05, 0) is 26.7 Å². The van der Waals surface area contributed by atoms with E-state index in [1.54, 1.807) is 0 Å². The predicted molar refractivity (Wildman–Crippen MR) is 67.5 cm³/mol. The maximum Gasteiger partial charge on any atom is 0.392 e. The molecule has 116 valence electrons. The molecule has 1 aliphatic rings. The number of amides is 2. The molecule has 1 rings (SSSR count). The van der Waals surface area contributed by atoms with E-state index >= 15 is 0 Å². The second-order valence-corrected chi connectivity index (χ2v) is 6.00. The molecular weight excluding hydrogens is 273 g/mol. The van der Waals surface area contributed by atoms with Crippen LogP contribution >= 0.6 is 0 Å². The van der Waals surface area contributed by atoms with Gasteiger partial charge in [0, 0.05) is 12.5 Å². The fraction of sp³-hybridized carbons (Fsp3) is 0.846. The van der Waals surface area contributed by atoms with Crippen LogP contribution in [0.1, 0.15) is 39.5 Å². The van der Waals surface area contributed by atoms with Gasteiger partial charge >= 0.3 is 6.18 Å². The van der Waals surface area contributed by atoms with Crippen LogP contribution in [-0.4, -0.2) is 24.5 Å². The predicted octanol–water partition coefficient (Wildman–Crippen LogP) is 1.98. The molecule has 0 spiro atoms. The van der Waals surface area contributed by atoms with Crippen LogP contribution in [0.2, 0.25) is 0 Å². The SMILES string of the molecule is CC(C)(CNC(=O)C1CCCCC1C(F)(F)F)C(N)=O. The Morgan fingerprint density at radius 1 is 1.20 bits per heavy atom. The molecule has 2 amide bonds. The normalized spacial score (nSPS) is 24.2. The Morgan fingerprint density at radius 3 is 2.25 bits per heavy atom. The molecule has 2 unspecified atom stereocenters. The Bertz CT molecular complexity index is 380. The number of alkyl halides is 3. The van der Waals surface area contributed by atoms with Crippen molar-refractivity contribution in [2.75, 3.05) is 6.54 Å². The Balaban J connectivity index is 2.67. The van der Waals surface area contributed by atoms with Gasteiger partial charge in [0.05, 0.1) is 11.3 Å². The van der Waals surface area contributed by atoms with Crippen molar-refractivity contribution >= 4 is 11.8 Å². The summed E-state index contributed by atoms with van der Waals surface area (Å²) in [6.45, 7) is 3.03. The fourth-order valence-electron chi connectivity index (χ4n) is 2.36. The van der Waals surface area contributed by atoms with E-state index in [-0.39, 0.29) is 19.4 Å². The molecule has 0 aliphatic heterocycles. The molecule has 3 N–H and O–H groups in total. The number of carbonyl (C=O) groups excluding carboxylic acids is 2. The van der Waals surface area contributed by atoms with Crippen LogP contribution < -0.4 is 11.1 Å². The zero-order valence-electron chi connectivity index (χ0n) is 11.7. The van der Waals surface area contributed by atoms with Gasteiger partial charge in [-0.2, -0.15) is 13.2 Å². The first-order valence-electron chi connectivity index (χ1n) is 6.70. The third kappa shape index (κ3) is 4.11. The summed E-state index contributed by atoms with van der Waals surface area (Å²) in [5.74, 6) is -3.89. The lowest BCUT2D eigenvalue weighted by Gasteiger charge is -2.32. The molecule has 0 aromatic heterocycles. The lowest BCUT2D eigenvalue weighted by atomic mass is 9.78. The maximum atomic E-state index is 12.9. The van der Waals surface area contributed by atoms with E-state index in [9.17, 15) is 22.8 Å². The Labute approximate surface area is 116 Å². The standard InChI is InChI=1S/C13H21F3N2O2/c1-12(2,11(17)20)7-18-10(19)8-5-3-4-6-9(8)13(14,15)16/h8-9H,3-7H2,1-2H3,(H2,17,20)(H,18,19). The number of nitrogens with two attached hydrogens (primary N) is 1. The molecule has 1 aliphatic carbocycles. The highest BCUT2D eigenvalue weighted by molar-refractivity contribution is 5.83. The first kappa shape index (κ1) is 16.8. The summed E-state index contributed by atoms with van der Waals surface area (Å²) in [6, 6.07) is 0. The summed E-state index contributed by atoms with van der Waals surface area (Å²) in [5.41, 5.74) is 4.19. The van der Waals surface area contributed by atoms with E-state index in [2.05, 4.69) is 5.32 Å². The fourth-order valence-corrected chi connectivity index (χ4v) is 2.36. The number of rotatable bonds is 4. The molecule has 0 heterocycles. The van der Waals surface area contributed by atoms with E-state index in [0.29, 0.717) is 12.8 Å². The van der Waals surface area contributed by atoms with Gasteiger partial charge in [-0.25, -0.2) is 0 Å². The number of nitrogens with one attached hydrogen (secondary N) is 1.